The second-order valence-corrected chi connectivity index (χ2v) is 6.54. The van der Waals surface area contributed by atoms with E-state index < -0.39 is 0 Å². The summed E-state index contributed by atoms with van der Waals surface area (Å²) in [5.74, 6) is -0.218. The van der Waals surface area contributed by atoms with Gasteiger partial charge in [0, 0.05) is 17.3 Å². The van der Waals surface area contributed by atoms with Crippen molar-refractivity contribution in [3.8, 4) is 5.69 Å². The third kappa shape index (κ3) is 2.14. The average Bonchev–Trinajstić information content (AvgIpc) is 2.71. The predicted molar refractivity (Wildman–Crippen MR) is 77.3 cm³/mol. The minimum atomic E-state index is -0.218. The third-order valence-electron chi connectivity index (χ3n) is 4.11. The molecule has 2 aromatic rings. The highest BCUT2D eigenvalue weighted by atomic mass is 19.1. The van der Waals surface area contributed by atoms with Gasteiger partial charge in [-0.15, -0.1) is 0 Å². The van der Waals surface area contributed by atoms with E-state index in [1.807, 2.05) is 17.8 Å². The average molecular weight is 273 g/mol. The van der Waals surface area contributed by atoms with Crippen LogP contribution in [0.2, 0.25) is 0 Å². The summed E-state index contributed by atoms with van der Waals surface area (Å²) in [4.78, 5) is 0. The van der Waals surface area contributed by atoms with Gasteiger partial charge in [-0.05, 0) is 48.9 Å². The summed E-state index contributed by atoms with van der Waals surface area (Å²) in [5, 5.41) is 4.49. The zero-order valence-electron chi connectivity index (χ0n) is 12.2. The molecule has 1 unspecified atom stereocenters. The van der Waals surface area contributed by atoms with E-state index in [-0.39, 0.29) is 17.3 Å². The van der Waals surface area contributed by atoms with Crippen LogP contribution in [-0.4, -0.2) is 9.78 Å². The van der Waals surface area contributed by atoms with Gasteiger partial charge in [0.05, 0.1) is 11.9 Å². The lowest BCUT2D eigenvalue weighted by Gasteiger charge is -2.33. The maximum atomic E-state index is 13.3. The second kappa shape index (κ2) is 4.42. The van der Waals surface area contributed by atoms with E-state index in [1.165, 1.54) is 12.1 Å². The number of benzene rings is 1. The molecule has 3 nitrogen and oxygen atoms in total. The van der Waals surface area contributed by atoms with Crippen molar-refractivity contribution >= 4 is 0 Å². The Hall–Kier alpha value is -1.68. The molecule has 1 aromatic carbocycles. The van der Waals surface area contributed by atoms with Gasteiger partial charge in [-0.25, -0.2) is 9.07 Å². The summed E-state index contributed by atoms with van der Waals surface area (Å²) >= 11 is 0. The van der Waals surface area contributed by atoms with Gasteiger partial charge in [0.25, 0.3) is 0 Å². The molecule has 1 aromatic heterocycles. The molecule has 0 fully saturated rings. The molecular formula is C16H20FN3. The topological polar surface area (TPSA) is 43.8 Å². The Balaban J connectivity index is 2.13. The van der Waals surface area contributed by atoms with Crippen LogP contribution in [0, 0.1) is 18.2 Å². The van der Waals surface area contributed by atoms with Crippen LogP contribution in [0.5, 0.6) is 0 Å². The van der Waals surface area contributed by atoms with Crippen LogP contribution >= 0.6 is 0 Å². The molecule has 0 amide bonds. The van der Waals surface area contributed by atoms with Crippen LogP contribution in [0.3, 0.4) is 0 Å². The maximum absolute atomic E-state index is 13.3. The number of fused-ring (bicyclic) bond motifs is 1. The molecule has 0 radical (unpaired) electrons. The molecule has 0 bridgehead atoms. The van der Waals surface area contributed by atoms with Gasteiger partial charge in [0.1, 0.15) is 5.82 Å². The number of hydrogen-bond donors (Lipinski definition) is 1. The summed E-state index contributed by atoms with van der Waals surface area (Å²) in [5.41, 5.74) is 10.5. The molecule has 4 heteroatoms. The Morgan fingerprint density at radius 3 is 2.85 bits per heavy atom. The van der Waals surface area contributed by atoms with Crippen molar-refractivity contribution in [1.29, 1.82) is 0 Å². The van der Waals surface area contributed by atoms with Crippen LogP contribution in [0.4, 0.5) is 4.39 Å². The van der Waals surface area contributed by atoms with Gasteiger partial charge in [-0.1, -0.05) is 13.8 Å². The fourth-order valence-corrected chi connectivity index (χ4v) is 3.17. The summed E-state index contributed by atoms with van der Waals surface area (Å²) in [6.07, 6.45) is 3.76. The standard InChI is InChI=1S/C16H20FN3/c1-10-6-11(17)4-5-14(10)20-15-8-16(2,3)7-13(18)12(15)9-19-20/h4-6,9,13H,7-8,18H2,1-3H3. The molecule has 1 heterocycles. The Morgan fingerprint density at radius 2 is 2.15 bits per heavy atom. The first-order valence-electron chi connectivity index (χ1n) is 6.96. The molecule has 0 aliphatic heterocycles. The first-order valence-corrected chi connectivity index (χ1v) is 6.96. The monoisotopic (exact) mass is 273 g/mol. The molecule has 1 aliphatic rings. The molecule has 106 valence electrons. The minimum Gasteiger partial charge on any atom is -0.324 e. The quantitative estimate of drug-likeness (QED) is 0.866. The van der Waals surface area contributed by atoms with Crippen molar-refractivity contribution in [3.63, 3.8) is 0 Å². The first-order chi connectivity index (χ1) is 9.37. The maximum Gasteiger partial charge on any atom is 0.123 e. The van der Waals surface area contributed by atoms with E-state index in [2.05, 4.69) is 18.9 Å². The SMILES string of the molecule is Cc1cc(F)ccc1-n1ncc2c1CC(C)(C)CC2N. The Kier molecular flexibility index (Phi) is 2.94. The number of nitrogens with two attached hydrogens (primary N) is 1. The molecule has 0 saturated carbocycles. The van der Waals surface area contributed by atoms with Crippen LogP contribution in [0.25, 0.3) is 5.69 Å². The predicted octanol–water partition coefficient (Wildman–Crippen LogP) is 3.29. The molecule has 2 N–H and O–H groups in total. The fourth-order valence-electron chi connectivity index (χ4n) is 3.17. The van der Waals surface area contributed by atoms with Gasteiger partial charge in [0.15, 0.2) is 0 Å². The molecular weight excluding hydrogens is 253 g/mol. The molecule has 1 aliphatic carbocycles. The van der Waals surface area contributed by atoms with Crippen molar-refractivity contribution in [2.45, 2.75) is 39.7 Å². The number of nitrogens with zero attached hydrogens (tertiary/aromatic N) is 2. The zero-order chi connectivity index (χ0) is 14.5. The highest BCUT2D eigenvalue weighted by molar-refractivity contribution is 5.43. The van der Waals surface area contributed by atoms with Crippen LogP contribution < -0.4 is 5.73 Å². The van der Waals surface area contributed by atoms with Gasteiger partial charge < -0.3 is 5.73 Å². The van der Waals surface area contributed by atoms with Crippen molar-refractivity contribution in [1.82, 2.24) is 9.78 Å². The Bertz CT molecular complexity index is 658. The van der Waals surface area contributed by atoms with E-state index in [1.54, 1.807) is 6.07 Å². The molecule has 3 rings (SSSR count). The molecule has 0 spiro atoms. The number of rotatable bonds is 1. The van der Waals surface area contributed by atoms with Gasteiger partial charge in [0.2, 0.25) is 0 Å². The smallest absolute Gasteiger partial charge is 0.123 e. The van der Waals surface area contributed by atoms with E-state index in [4.69, 9.17) is 5.73 Å². The van der Waals surface area contributed by atoms with Gasteiger partial charge in [-0.3, -0.25) is 0 Å². The molecule has 0 saturated heterocycles. The summed E-state index contributed by atoms with van der Waals surface area (Å²) in [7, 11) is 0. The van der Waals surface area contributed by atoms with Crippen LogP contribution in [-0.2, 0) is 6.42 Å². The fraction of sp³-hybridized carbons (Fsp3) is 0.438. The lowest BCUT2D eigenvalue weighted by Crippen LogP contribution is -2.30. The van der Waals surface area contributed by atoms with Crippen molar-refractivity contribution in [2.24, 2.45) is 11.1 Å². The van der Waals surface area contributed by atoms with Gasteiger partial charge >= 0.3 is 0 Å². The van der Waals surface area contributed by atoms with Crippen LogP contribution in [0.15, 0.2) is 24.4 Å². The zero-order valence-corrected chi connectivity index (χ0v) is 12.2. The summed E-state index contributed by atoms with van der Waals surface area (Å²) < 4.78 is 15.2. The van der Waals surface area contributed by atoms with Gasteiger partial charge in [-0.2, -0.15) is 5.10 Å². The minimum absolute atomic E-state index is 0.0308. The van der Waals surface area contributed by atoms with Crippen molar-refractivity contribution in [2.75, 3.05) is 0 Å². The number of hydrogen-bond acceptors (Lipinski definition) is 2. The first kappa shape index (κ1) is 13.3. The highest BCUT2D eigenvalue weighted by Crippen LogP contribution is 2.40. The van der Waals surface area contributed by atoms with E-state index >= 15 is 0 Å². The lowest BCUT2D eigenvalue weighted by atomic mass is 9.74. The highest BCUT2D eigenvalue weighted by Gasteiger charge is 2.33. The molecule has 20 heavy (non-hydrogen) atoms. The van der Waals surface area contributed by atoms with E-state index in [9.17, 15) is 4.39 Å². The van der Waals surface area contributed by atoms with Crippen molar-refractivity contribution in [3.05, 3.63) is 47.0 Å². The Labute approximate surface area is 118 Å². The molecule has 1 atom stereocenters. The number of aromatic nitrogens is 2. The second-order valence-electron chi connectivity index (χ2n) is 6.54. The Morgan fingerprint density at radius 1 is 1.40 bits per heavy atom. The largest absolute Gasteiger partial charge is 0.324 e. The van der Waals surface area contributed by atoms with Crippen molar-refractivity contribution < 1.29 is 4.39 Å². The summed E-state index contributed by atoms with van der Waals surface area (Å²) in [6, 6.07) is 4.83. The lowest BCUT2D eigenvalue weighted by molar-refractivity contribution is 0.278. The normalized spacial score (nSPS) is 20.8. The van der Waals surface area contributed by atoms with E-state index in [0.717, 1.165) is 35.3 Å². The van der Waals surface area contributed by atoms with Crippen LogP contribution in [0.1, 0.15) is 43.1 Å². The summed E-state index contributed by atoms with van der Waals surface area (Å²) in [6.45, 7) is 6.36. The number of halogens is 1. The van der Waals surface area contributed by atoms with E-state index in [0.29, 0.717) is 0 Å². The third-order valence-corrected chi connectivity index (χ3v) is 4.11. The number of aryl methyl sites for hydroxylation is 1.